The number of hydrogen-bond acceptors (Lipinski definition) is 4. The second kappa shape index (κ2) is 3.87. The highest BCUT2D eigenvalue weighted by atomic mass is 16.5. The van der Waals surface area contributed by atoms with Crippen molar-refractivity contribution in [3.05, 3.63) is 29.6 Å². The van der Waals surface area contributed by atoms with Gasteiger partial charge in [0.2, 0.25) is 0 Å². The molecule has 0 bridgehead atoms. The number of benzene rings is 1. The van der Waals surface area contributed by atoms with Crippen LogP contribution in [-0.2, 0) is 0 Å². The average molecular weight is 229 g/mol. The third-order valence-electron chi connectivity index (χ3n) is 3.44. The van der Waals surface area contributed by atoms with E-state index in [0.29, 0.717) is 11.8 Å². The molecule has 0 spiro atoms. The molecule has 0 saturated heterocycles. The largest absolute Gasteiger partial charge is 0.398 e. The molecule has 0 unspecified atom stereocenters. The van der Waals surface area contributed by atoms with Crippen LogP contribution < -0.4 is 5.73 Å². The Morgan fingerprint density at radius 2 is 2.18 bits per heavy atom. The molecule has 3 rings (SSSR count). The monoisotopic (exact) mass is 229 g/mol. The van der Waals surface area contributed by atoms with Crippen LogP contribution in [0.25, 0.3) is 11.5 Å². The lowest BCUT2D eigenvalue weighted by atomic mass is 9.85. The smallest absolute Gasteiger partial charge is 0.258 e. The van der Waals surface area contributed by atoms with E-state index in [-0.39, 0.29) is 0 Å². The average Bonchev–Trinajstić information content (AvgIpc) is 2.69. The molecule has 1 aliphatic carbocycles. The van der Waals surface area contributed by atoms with Crippen molar-refractivity contribution in [1.29, 1.82) is 0 Å². The van der Waals surface area contributed by atoms with E-state index in [2.05, 4.69) is 10.1 Å². The minimum atomic E-state index is 0.496. The van der Waals surface area contributed by atoms with Crippen molar-refractivity contribution in [1.82, 2.24) is 10.1 Å². The van der Waals surface area contributed by atoms with Crippen molar-refractivity contribution in [2.75, 3.05) is 5.73 Å². The van der Waals surface area contributed by atoms with E-state index in [1.165, 1.54) is 19.3 Å². The van der Waals surface area contributed by atoms with Gasteiger partial charge in [-0.05, 0) is 37.5 Å². The molecular weight excluding hydrogens is 214 g/mol. The molecule has 1 fully saturated rings. The summed E-state index contributed by atoms with van der Waals surface area (Å²) >= 11 is 0. The number of nitrogen functional groups attached to an aromatic ring is 1. The Morgan fingerprint density at radius 1 is 1.35 bits per heavy atom. The number of aryl methyl sites for hydroxylation is 1. The Bertz CT molecular complexity index is 543. The third-order valence-corrected chi connectivity index (χ3v) is 3.44. The highest BCUT2D eigenvalue weighted by molar-refractivity contribution is 5.62. The molecule has 2 aromatic rings. The maximum Gasteiger partial charge on any atom is 0.258 e. The summed E-state index contributed by atoms with van der Waals surface area (Å²) in [7, 11) is 0. The van der Waals surface area contributed by atoms with Crippen LogP contribution in [0.15, 0.2) is 22.7 Å². The Balaban J connectivity index is 1.92. The molecule has 1 aromatic heterocycles. The van der Waals surface area contributed by atoms with E-state index in [1.54, 1.807) is 0 Å². The Hall–Kier alpha value is -1.84. The fourth-order valence-corrected chi connectivity index (χ4v) is 1.96. The highest BCUT2D eigenvalue weighted by Crippen LogP contribution is 2.35. The van der Waals surface area contributed by atoms with Crippen LogP contribution in [0.5, 0.6) is 0 Å². The lowest BCUT2D eigenvalue weighted by molar-refractivity contribution is 0.366. The summed E-state index contributed by atoms with van der Waals surface area (Å²) in [6.45, 7) is 1.98. The van der Waals surface area contributed by atoms with E-state index < -0.39 is 0 Å². The maximum absolute atomic E-state index is 5.87. The van der Waals surface area contributed by atoms with Crippen LogP contribution in [0.1, 0.15) is 36.6 Å². The summed E-state index contributed by atoms with van der Waals surface area (Å²) in [6, 6.07) is 5.81. The van der Waals surface area contributed by atoms with E-state index in [4.69, 9.17) is 10.3 Å². The van der Waals surface area contributed by atoms with Crippen molar-refractivity contribution in [2.24, 2.45) is 0 Å². The van der Waals surface area contributed by atoms with Crippen molar-refractivity contribution in [2.45, 2.75) is 32.1 Å². The molecule has 4 heteroatoms. The minimum Gasteiger partial charge on any atom is -0.398 e. The zero-order valence-corrected chi connectivity index (χ0v) is 9.81. The van der Waals surface area contributed by atoms with Crippen molar-refractivity contribution >= 4 is 5.69 Å². The topological polar surface area (TPSA) is 64.9 Å². The summed E-state index contributed by atoms with van der Waals surface area (Å²) < 4.78 is 5.29. The summed E-state index contributed by atoms with van der Waals surface area (Å²) in [4.78, 5) is 4.44. The molecule has 0 atom stereocenters. The van der Waals surface area contributed by atoms with E-state index in [9.17, 15) is 0 Å². The Morgan fingerprint density at radius 3 is 2.82 bits per heavy atom. The van der Waals surface area contributed by atoms with Gasteiger partial charge in [0, 0.05) is 17.2 Å². The lowest BCUT2D eigenvalue weighted by Gasteiger charge is -2.20. The molecule has 0 aliphatic heterocycles. The van der Waals surface area contributed by atoms with Gasteiger partial charge in [-0.15, -0.1) is 0 Å². The van der Waals surface area contributed by atoms with Crippen molar-refractivity contribution in [3.8, 4) is 11.5 Å². The second-order valence-corrected chi connectivity index (χ2v) is 4.66. The van der Waals surface area contributed by atoms with Crippen LogP contribution in [-0.4, -0.2) is 10.1 Å². The quantitative estimate of drug-likeness (QED) is 0.804. The number of rotatable bonds is 2. The zero-order valence-electron chi connectivity index (χ0n) is 9.81. The van der Waals surface area contributed by atoms with E-state index in [1.807, 2.05) is 25.1 Å². The standard InChI is InChI=1S/C13H15N3O/c1-8-5-6-10(7-11(8)14)13-15-12(16-17-13)9-3-2-4-9/h5-7,9H,2-4,14H2,1H3. The van der Waals surface area contributed by atoms with E-state index >= 15 is 0 Å². The highest BCUT2D eigenvalue weighted by Gasteiger charge is 2.24. The molecule has 4 nitrogen and oxygen atoms in total. The molecule has 1 aliphatic rings. The molecule has 88 valence electrons. The van der Waals surface area contributed by atoms with Gasteiger partial charge in [-0.3, -0.25) is 0 Å². The number of nitrogens with zero attached hydrogens (tertiary/aromatic N) is 2. The molecular formula is C13H15N3O. The first-order valence-corrected chi connectivity index (χ1v) is 5.94. The van der Waals surface area contributed by atoms with Gasteiger partial charge in [-0.2, -0.15) is 4.98 Å². The van der Waals surface area contributed by atoms with Crippen LogP contribution in [0.2, 0.25) is 0 Å². The SMILES string of the molecule is Cc1ccc(-c2nc(C3CCC3)no2)cc1N. The molecule has 1 heterocycles. The van der Waals surface area contributed by atoms with Gasteiger partial charge < -0.3 is 10.3 Å². The number of anilines is 1. The van der Waals surface area contributed by atoms with E-state index in [0.717, 1.165) is 22.6 Å². The number of nitrogens with two attached hydrogens (primary N) is 1. The van der Waals surface area contributed by atoms with Crippen molar-refractivity contribution < 1.29 is 4.52 Å². The minimum absolute atomic E-state index is 0.496. The molecule has 1 saturated carbocycles. The molecule has 17 heavy (non-hydrogen) atoms. The normalized spacial score (nSPS) is 15.8. The lowest BCUT2D eigenvalue weighted by Crippen LogP contribution is -2.10. The summed E-state index contributed by atoms with van der Waals surface area (Å²) in [6.07, 6.45) is 3.62. The third kappa shape index (κ3) is 1.79. The first-order valence-electron chi connectivity index (χ1n) is 5.94. The van der Waals surface area contributed by atoms with Gasteiger partial charge in [-0.25, -0.2) is 0 Å². The van der Waals surface area contributed by atoms with Gasteiger partial charge in [0.1, 0.15) is 0 Å². The Kier molecular flexibility index (Phi) is 2.35. The summed E-state index contributed by atoms with van der Waals surface area (Å²) in [5.74, 6) is 1.90. The zero-order chi connectivity index (χ0) is 11.8. The van der Waals surface area contributed by atoms with Gasteiger partial charge >= 0.3 is 0 Å². The van der Waals surface area contributed by atoms with Crippen molar-refractivity contribution in [3.63, 3.8) is 0 Å². The van der Waals surface area contributed by atoms with Gasteiger partial charge in [-0.1, -0.05) is 17.6 Å². The first kappa shape index (κ1) is 10.3. The number of aromatic nitrogens is 2. The molecule has 0 radical (unpaired) electrons. The van der Waals surface area contributed by atoms with Crippen LogP contribution in [0.4, 0.5) is 5.69 Å². The fraction of sp³-hybridized carbons (Fsp3) is 0.385. The van der Waals surface area contributed by atoms with Gasteiger partial charge in [0.15, 0.2) is 5.82 Å². The predicted molar refractivity (Wildman–Crippen MR) is 65.5 cm³/mol. The summed E-state index contributed by atoms with van der Waals surface area (Å²) in [5, 5.41) is 4.04. The predicted octanol–water partition coefficient (Wildman–Crippen LogP) is 2.89. The molecule has 2 N–H and O–H groups in total. The van der Waals surface area contributed by atoms with Gasteiger partial charge in [0.25, 0.3) is 5.89 Å². The first-order chi connectivity index (χ1) is 8.24. The maximum atomic E-state index is 5.87. The van der Waals surface area contributed by atoms with Crippen LogP contribution >= 0.6 is 0 Å². The number of hydrogen-bond donors (Lipinski definition) is 1. The molecule has 1 aromatic carbocycles. The molecule has 0 amide bonds. The van der Waals surface area contributed by atoms with Crippen LogP contribution in [0, 0.1) is 6.92 Å². The fourth-order valence-electron chi connectivity index (χ4n) is 1.96. The van der Waals surface area contributed by atoms with Gasteiger partial charge in [0.05, 0.1) is 0 Å². The second-order valence-electron chi connectivity index (χ2n) is 4.66. The summed E-state index contributed by atoms with van der Waals surface area (Å²) in [5.41, 5.74) is 8.58. The van der Waals surface area contributed by atoms with Crippen LogP contribution in [0.3, 0.4) is 0 Å². The Labute approximate surface area is 99.8 Å².